The van der Waals surface area contributed by atoms with Crippen molar-refractivity contribution in [3.63, 3.8) is 0 Å². The molecule has 1 fully saturated rings. The number of carboxylic acid groups (broad SMARTS) is 1. The third-order valence-electron chi connectivity index (χ3n) is 3.10. The molecule has 1 aliphatic rings. The first-order valence-electron chi connectivity index (χ1n) is 5.68. The van der Waals surface area contributed by atoms with Crippen molar-refractivity contribution >= 4 is 17.7 Å². The number of rotatable bonds is 5. The normalized spacial score (nSPS) is 27.9. The molecule has 0 aromatic heterocycles. The van der Waals surface area contributed by atoms with Gasteiger partial charge in [-0.1, -0.05) is 6.92 Å². The summed E-state index contributed by atoms with van der Waals surface area (Å²) in [6, 6.07) is 0.633. The minimum Gasteiger partial charge on any atom is -0.481 e. The number of hydrogen-bond donors (Lipinski definition) is 1. The van der Waals surface area contributed by atoms with E-state index in [-0.39, 0.29) is 0 Å². The highest BCUT2D eigenvalue weighted by Gasteiger charge is 2.24. The second-order valence-corrected chi connectivity index (χ2v) is 5.69. The highest BCUT2D eigenvalue weighted by Crippen LogP contribution is 2.24. The molecule has 0 aliphatic carbocycles. The molecule has 1 N–H and O–H groups in total. The molecule has 1 rings (SSSR count). The van der Waals surface area contributed by atoms with Gasteiger partial charge in [0.15, 0.2) is 0 Å². The lowest BCUT2D eigenvalue weighted by Gasteiger charge is -2.37. The van der Waals surface area contributed by atoms with Crippen molar-refractivity contribution in [2.24, 2.45) is 0 Å². The van der Waals surface area contributed by atoms with Crippen molar-refractivity contribution in [2.75, 3.05) is 18.8 Å². The molecule has 0 aromatic carbocycles. The van der Waals surface area contributed by atoms with Gasteiger partial charge in [0, 0.05) is 30.0 Å². The van der Waals surface area contributed by atoms with E-state index in [4.69, 9.17) is 5.11 Å². The number of carboxylic acids is 1. The van der Waals surface area contributed by atoms with Crippen LogP contribution in [-0.2, 0) is 4.79 Å². The van der Waals surface area contributed by atoms with E-state index in [2.05, 4.69) is 18.7 Å². The predicted molar refractivity (Wildman–Crippen MR) is 64.4 cm³/mol. The lowest BCUT2D eigenvalue weighted by molar-refractivity contribution is -0.137. The highest BCUT2D eigenvalue weighted by atomic mass is 32.2. The Balaban J connectivity index is 2.17. The first kappa shape index (κ1) is 12.8. The van der Waals surface area contributed by atoms with E-state index in [0.717, 1.165) is 25.9 Å². The van der Waals surface area contributed by atoms with Gasteiger partial charge in [0.05, 0.1) is 0 Å². The number of hydrogen-bond acceptors (Lipinski definition) is 3. The van der Waals surface area contributed by atoms with Crippen LogP contribution in [-0.4, -0.2) is 46.1 Å². The first-order valence-corrected chi connectivity index (χ1v) is 6.73. The van der Waals surface area contributed by atoms with Crippen LogP contribution in [0.4, 0.5) is 0 Å². The molecule has 2 unspecified atom stereocenters. The molecular weight excluding hydrogens is 210 g/mol. The Hall–Kier alpha value is -0.220. The van der Waals surface area contributed by atoms with Crippen LogP contribution in [0.1, 0.15) is 33.1 Å². The van der Waals surface area contributed by atoms with Crippen LogP contribution in [0.2, 0.25) is 0 Å². The molecule has 2 atom stereocenters. The molecule has 0 radical (unpaired) electrons. The van der Waals surface area contributed by atoms with Gasteiger partial charge in [-0.15, -0.1) is 0 Å². The lowest BCUT2D eigenvalue weighted by atomic mass is 10.1. The number of nitrogens with zero attached hydrogens (tertiary/aromatic N) is 1. The van der Waals surface area contributed by atoms with Crippen LogP contribution < -0.4 is 0 Å². The third kappa shape index (κ3) is 4.43. The van der Waals surface area contributed by atoms with Crippen molar-refractivity contribution in [3.8, 4) is 0 Å². The van der Waals surface area contributed by atoms with Gasteiger partial charge in [-0.25, -0.2) is 0 Å². The molecule has 0 amide bonds. The second kappa shape index (κ2) is 6.38. The molecule has 1 aliphatic heterocycles. The van der Waals surface area contributed by atoms with E-state index in [1.165, 1.54) is 5.75 Å². The van der Waals surface area contributed by atoms with E-state index >= 15 is 0 Å². The smallest absolute Gasteiger partial charge is 0.303 e. The molecule has 0 bridgehead atoms. The van der Waals surface area contributed by atoms with Gasteiger partial charge in [0.2, 0.25) is 0 Å². The number of unbranched alkanes of at least 4 members (excludes halogenated alkanes) is 1. The first-order chi connectivity index (χ1) is 7.11. The van der Waals surface area contributed by atoms with E-state index in [1.807, 2.05) is 11.8 Å². The van der Waals surface area contributed by atoms with Crippen molar-refractivity contribution in [2.45, 2.75) is 44.4 Å². The van der Waals surface area contributed by atoms with Crippen LogP contribution in [0.3, 0.4) is 0 Å². The number of aliphatic carboxylic acids is 1. The van der Waals surface area contributed by atoms with Crippen molar-refractivity contribution < 1.29 is 9.90 Å². The second-order valence-electron chi connectivity index (χ2n) is 4.20. The van der Waals surface area contributed by atoms with Gasteiger partial charge < -0.3 is 5.11 Å². The molecule has 88 valence electrons. The zero-order valence-electron chi connectivity index (χ0n) is 9.61. The summed E-state index contributed by atoms with van der Waals surface area (Å²) in [5.74, 6) is 0.537. The van der Waals surface area contributed by atoms with E-state index < -0.39 is 5.97 Å². The van der Waals surface area contributed by atoms with Crippen LogP contribution in [0.15, 0.2) is 0 Å². The van der Waals surface area contributed by atoms with Crippen LogP contribution in [0.25, 0.3) is 0 Å². The van der Waals surface area contributed by atoms with Gasteiger partial charge in [-0.05, 0) is 26.3 Å². The predicted octanol–water partition coefficient (Wildman–Crippen LogP) is 2.07. The maximum absolute atomic E-state index is 10.3. The average molecular weight is 231 g/mol. The lowest BCUT2D eigenvalue weighted by Crippen LogP contribution is -2.44. The highest BCUT2D eigenvalue weighted by molar-refractivity contribution is 8.00. The number of carbonyl (C=O) groups is 1. The van der Waals surface area contributed by atoms with Gasteiger partial charge in [0.1, 0.15) is 0 Å². The van der Waals surface area contributed by atoms with Crippen molar-refractivity contribution in [3.05, 3.63) is 0 Å². The zero-order chi connectivity index (χ0) is 11.3. The fourth-order valence-corrected chi connectivity index (χ4v) is 3.06. The Morgan fingerprint density at radius 2 is 2.20 bits per heavy atom. The molecule has 0 aromatic rings. The summed E-state index contributed by atoms with van der Waals surface area (Å²) < 4.78 is 0. The molecule has 15 heavy (non-hydrogen) atoms. The molecule has 1 saturated heterocycles. The van der Waals surface area contributed by atoms with Crippen LogP contribution in [0.5, 0.6) is 0 Å². The summed E-state index contributed by atoms with van der Waals surface area (Å²) in [7, 11) is 0. The summed E-state index contributed by atoms with van der Waals surface area (Å²) in [6.07, 6.45) is 2.13. The average Bonchev–Trinajstić information content (AvgIpc) is 2.18. The number of thioether (sulfide) groups is 1. The maximum atomic E-state index is 10.3. The summed E-state index contributed by atoms with van der Waals surface area (Å²) in [4.78, 5) is 12.8. The Morgan fingerprint density at radius 1 is 1.47 bits per heavy atom. The topological polar surface area (TPSA) is 40.5 Å². The summed E-state index contributed by atoms with van der Waals surface area (Å²) >= 11 is 2.04. The standard InChI is InChI=1S/C11H21NO2S/c1-9-10(2)15-8-7-12(9)6-4-3-5-11(13)14/h9-10H,3-8H2,1-2H3,(H,13,14). The zero-order valence-corrected chi connectivity index (χ0v) is 10.4. The Bertz CT molecular complexity index is 211. The Kier molecular flexibility index (Phi) is 5.47. The molecule has 0 spiro atoms. The molecule has 4 heteroatoms. The fraction of sp³-hybridized carbons (Fsp3) is 0.909. The van der Waals surface area contributed by atoms with Crippen molar-refractivity contribution in [1.29, 1.82) is 0 Å². The minimum absolute atomic E-state index is 0.312. The van der Waals surface area contributed by atoms with E-state index in [1.54, 1.807) is 0 Å². The quantitative estimate of drug-likeness (QED) is 0.735. The Labute approximate surface area is 96.2 Å². The Morgan fingerprint density at radius 3 is 2.87 bits per heavy atom. The maximum Gasteiger partial charge on any atom is 0.303 e. The van der Waals surface area contributed by atoms with Gasteiger partial charge in [-0.2, -0.15) is 11.8 Å². The molecular formula is C11H21NO2S. The molecule has 3 nitrogen and oxygen atoms in total. The van der Waals surface area contributed by atoms with Crippen LogP contribution >= 0.6 is 11.8 Å². The summed E-state index contributed by atoms with van der Waals surface area (Å²) in [5, 5.41) is 9.23. The van der Waals surface area contributed by atoms with Gasteiger partial charge >= 0.3 is 5.97 Å². The fourth-order valence-electron chi connectivity index (χ4n) is 1.90. The van der Waals surface area contributed by atoms with E-state index in [9.17, 15) is 4.79 Å². The third-order valence-corrected chi connectivity index (χ3v) is 4.44. The van der Waals surface area contributed by atoms with E-state index in [0.29, 0.717) is 17.7 Å². The molecule has 1 heterocycles. The molecule has 0 saturated carbocycles. The van der Waals surface area contributed by atoms with Crippen LogP contribution in [0, 0.1) is 0 Å². The largest absolute Gasteiger partial charge is 0.481 e. The van der Waals surface area contributed by atoms with Gasteiger partial charge in [-0.3, -0.25) is 9.69 Å². The minimum atomic E-state index is -0.675. The summed E-state index contributed by atoms with van der Waals surface area (Å²) in [5.41, 5.74) is 0. The van der Waals surface area contributed by atoms with Crippen molar-refractivity contribution in [1.82, 2.24) is 4.90 Å². The SMILES string of the molecule is CC1SCCN(CCCCC(=O)O)C1C. The summed E-state index contributed by atoms with van der Waals surface area (Å²) in [6.45, 7) is 6.76. The monoisotopic (exact) mass is 231 g/mol. The van der Waals surface area contributed by atoms with Gasteiger partial charge in [0.25, 0.3) is 0 Å².